The van der Waals surface area contributed by atoms with Crippen molar-refractivity contribution in [3.63, 3.8) is 0 Å². The zero-order valence-corrected chi connectivity index (χ0v) is 9.20. The van der Waals surface area contributed by atoms with Gasteiger partial charge in [0.15, 0.2) is 0 Å². The first-order valence-corrected chi connectivity index (χ1v) is 5.10. The standard InChI is InChI=1S/C11H19N3/c1-4-14(8-9(2)3)10-6-5-7-13-11(10)12/h5-7,9H,4,8H2,1-3H3,(H2,12,13). The Labute approximate surface area is 85.9 Å². The van der Waals surface area contributed by atoms with Crippen molar-refractivity contribution < 1.29 is 0 Å². The third kappa shape index (κ3) is 2.62. The minimum absolute atomic E-state index is 0.620. The van der Waals surface area contributed by atoms with E-state index in [1.54, 1.807) is 6.20 Å². The van der Waals surface area contributed by atoms with Crippen LogP contribution in [0.4, 0.5) is 11.5 Å². The summed E-state index contributed by atoms with van der Waals surface area (Å²) in [5.41, 5.74) is 6.87. The van der Waals surface area contributed by atoms with Gasteiger partial charge in [-0.3, -0.25) is 0 Å². The molecule has 0 saturated carbocycles. The molecule has 3 nitrogen and oxygen atoms in total. The van der Waals surface area contributed by atoms with Crippen LogP contribution in [0.3, 0.4) is 0 Å². The lowest BCUT2D eigenvalue weighted by Gasteiger charge is -2.25. The van der Waals surface area contributed by atoms with Crippen molar-refractivity contribution in [1.82, 2.24) is 4.98 Å². The predicted molar refractivity (Wildman–Crippen MR) is 61.4 cm³/mol. The highest BCUT2D eigenvalue weighted by molar-refractivity contribution is 5.62. The molecule has 78 valence electrons. The number of hydrogen-bond acceptors (Lipinski definition) is 3. The third-order valence-corrected chi connectivity index (χ3v) is 2.12. The van der Waals surface area contributed by atoms with E-state index in [9.17, 15) is 0 Å². The van der Waals surface area contributed by atoms with Gasteiger partial charge in [0.25, 0.3) is 0 Å². The van der Waals surface area contributed by atoms with Crippen LogP contribution < -0.4 is 10.6 Å². The highest BCUT2D eigenvalue weighted by Gasteiger charge is 2.09. The van der Waals surface area contributed by atoms with Gasteiger partial charge in [-0.2, -0.15) is 0 Å². The molecular formula is C11H19N3. The molecule has 1 heterocycles. The second kappa shape index (κ2) is 4.84. The number of pyridine rings is 1. The van der Waals surface area contributed by atoms with E-state index < -0.39 is 0 Å². The van der Waals surface area contributed by atoms with Crippen LogP contribution in [0.1, 0.15) is 20.8 Å². The number of nitrogens with zero attached hydrogens (tertiary/aromatic N) is 2. The van der Waals surface area contributed by atoms with E-state index in [1.165, 1.54) is 0 Å². The SMILES string of the molecule is CCN(CC(C)C)c1cccnc1N. The molecule has 14 heavy (non-hydrogen) atoms. The van der Waals surface area contributed by atoms with E-state index in [1.807, 2.05) is 12.1 Å². The first-order valence-electron chi connectivity index (χ1n) is 5.10. The maximum Gasteiger partial charge on any atom is 0.146 e. The summed E-state index contributed by atoms with van der Waals surface area (Å²) in [4.78, 5) is 6.35. The van der Waals surface area contributed by atoms with Crippen LogP contribution >= 0.6 is 0 Å². The van der Waals surface area contributed by atoms with Crippen LogP contribution in [0.5, 0.6) is 0 Å². The average Bonchev–Trinajstić information content (AvgIpc) is 2.15. The Hall–Kier alpha value is -1.25. The minimum atomic E-state index is 0.620. The van der Waals surface area contributed by atoms with E-state index in [-0.39, 0.29) is 0 Å². The number of nitrogen functional groups attached to an aromatic ring is 1. The maximum absolute atomic E-state index is 5.82. The van der Waals surface area contributed by atoms with Crippen LogP contribution in [0.25, 0.3) is 0 Å². The molecule has 0 aromatic carbocycles. The molecular weight excluding hydrogens is 174 g/mol. The summed E-state index contributed by atoms with van der Waals surface area (Å²) in [5.74, 6) is 1.25. The lowest BCUT2D eigenvalue weighted by molar-refractivity contribution is 0.619. The quantitative estimate of drug-likeness (QED) is 0.796. The molecule has 0 amide bonds. The summed E-state index contributed by atoms with van der Waals surface area (Å²) in [7, 11) is 0. The van der Waals surface area contributed by atoms with Crippen molar-refractivity contribution in [3.05, 3.63) is 18.3 Å². The molecule has 0 atom stereocenters. The Morgan fingerprint density at radius 2 is 2.21 bits per heavy atom. The van der Waals surface area contributed by atoms with Crippen molar-refractivity contribution in [2.75, 3.05) is 23.7 Å². The highest BCUT2D eigenvalue weighted by Crippen LogP contribution is 2.20. The lowest BCUT2D eigenvalue weighted by Crippen LogP contribution is -2.28. The molecule has 1 aromatic rings. The Morgan fingerprint density at radius 1 is 1.50 bits per heavy atom. The molecule has 0 spiro atoms. The van der Waals surface area contributed by atoms with Crippen LogP contribution in [0, 0.1) is 5.92 Å². The molecule has 0 aliphatic heterocycles. The number of aromatic nitrogens is 1. The second-order valence-corrected chi connectivity index (χ2v) is 3.84. The van der Waals surface area contributed by atoms with Gasteiger partial charge in [-0.15, -0.1) is 0 Å². The average molecular weight is 193 g/mol. The van der Waals surface area contributed by atoms with Crippen molar-refractivity contribution in [3.8, 4) is 0 Å². The topological polar surface area (TPSA) is 42.2 Å². The summed E-state index contributed by atoms with van der Waals surface area (Å²) < 4.78 is 0. The molecule has 3 heteroatoms. The summed E-state index contributed by atoms with van der Waals surface area (Å²) in [5, 5.41) is 0. The van der Waals surface area contributed by atoms with Gasteiger partial charge in [0.2, 0.25) is 0 Å². The van der Waals surface area contributed by atoms with E-state index in [2.05, 4.69) is 30.7 Å². The number of nitrogens with two attached hydrogens (primary N) is 1. The van der Waals surface area contributed by atoms with Gasteiger partial charge in [-0.05, 0) is 25.0 Å². The van der Waals surface area contributed by atoms with Gasteiger partial charge in [0.05, 0.1) is 5.69 Å². The van der Waals surface area contributed by atoms with Crippen LogP contribution in [-0.4, -0.2) is 18.1 Å². The zero-order chi connectivity index (χ0) is 10.6. The van der Waals surface area contributed by atoms with Crippen molar-refractivity contribution >= 4 is 11.5 Å². The minimum Gasteiger partial charge on any atom is -0.382 e. The number of anilines is 2. The molecule has 1 aromatic heterocycles. The Bertz CT molecular complexity index is 284. The Balaban J connectivity index is 2.83. The predicted octanol–water partition coefficient (Wildman–Crippen LogP) is 2.15. The normalized spacial score (nSPS) is 10.6. The fourth-order valence-electron chi connectivity index (χ4n) is 1.52. The van der Waals surface area contributed by atoms with Crippen LogP contribution in [0.2, 0.25) is 0 Å². The monoisotopic (exact) mass is 193 g/mol. The molecule has 2 N–H and O–H groups in total. The zero-order valence-electron chi connectivity index (χ0n) is 9.20. The molecule has 1 rings (SSSR count). The van der Waals surface area contributed by atoms with Crippen LogP contribution in [0.15, 0.2) is 18.3 Å². The summed E-state index contributed by atoms with van der Waals surface area (Å²) in [6.45, 7) is 8.53. The highest BCUT2D eigenvalue weighted by atomic mass is 15.1. The number of hydrogen-bond donors (Lipinski definition) is 1. The summed E-state index contributed by atoms with van der Waals surface area (Å²) >= 11 is 0. The fourth-order valence-corrected chi connectivity index (χ4v) is 1.52. The van der Waals surface area contributed by atoms with Gasteiger partial charge in [0, 0.05) is 19.3 Å². The smallest absolute Gasteiger partial charge is 0.146 e. The van der Waals surface area contributed by atoms with Gasteiger partial charge in [-0.25, -0.2) is 4.98 Å². The molecule has 0 unspecified atom stereocenters. The van der Waals surface area contributed by atoms with E-state index in [0.29, 0.717) is 11.7 Å². The van der Waals surface area contributed by atoms with E-state index >= 15 is 0 Å². The van der Waals surface area contributed by atoms with Crippen LogP contribution in [-0.2, 0) is 0 Å². The van der Waals surface area contributed by atoms with E-state index in [0.717, 1.165) is 18.8 Å². The first kappa shape index (κ1) is 10.8. The first-order chi connectivity index (χ1) is 6.65. The van der Waals surface area contributed by atoms with Gasteiger partial charge < -0.3 is 10.6 Å². The Morgan fingerprint density at radius 3 is 2.71 bits per heavy atom. The maximum atomic E-state index is 5.82. The third-order valence-electron chi connectivity index (χ3n) is 2.12. The van der Waals surface area contributed by atoms with Crippen molar-refractivity contribution in [1.29, 1.82) is 0 Å². The molecule has 0 radical (unpaired) electrons. The molecule has 0 aliphatic rings. The van der Waals surface area contributed by atoms with Crippen molar-refractivity contribution in [2.24, 2.45) is 5.92 Å². The van der Waals surface area contributed by atoms with Crippen molar-refractivity contribution in [2.45, 2.75) is 20.8 Å². The molecule has 0 bridgehead atoms. The summed E-state index contributed by atoms with van der Waals surface area (Å²) in [6, 6.07) is 3.95. The second-order valence-electron chi connectivity index (χ2n) is 3.84. The molecule has 0 fully saturated rings. The molecule has 0 saturated heterocycles. The Kier molecular flexibility index (Phi) is 3.74. The lowest BCUT2D eigenvalue weighted by atomic mass is 10.2. The van der Waals surface area contributed by atoms with Gasteiger partial charge in [-0.1, -0.05) is 13.8 Å². The van der Waals surface area contributed by atoms with Gasteiger partial charge in [0.1, 0.15) is 5.82 Å². The molecule has 0 aliphatic carbocycles. The fraction of sp³-hybridized carbons (Fsp3) is 0.545. The number of rotatable bonds is 4. The van der Waals surface area contributed by atoms with E-state index in [4.69, 9.17) is 5.73 Å². The van der Waals surface area contributed by atoms with Gasteiger partial charge >= 0.3 is 0 Å². The summed E-state index contributed by atoms with van der Waals surface area (Å²) in [6.07, 6.45) is 1.72. The largest absolute Gasteiger partial charge is 0.382 e.